The lowest BCUT2D eigenvalue weighted by Crippen LogP contribution is -2.24. The van der Waals surface area contributed by atoms with Gasteiger partial charge in [-0.15, -0.1) is 0 Å². The molecule has 1 aromatic rings. The topological polar surface area (TPSA) is 65.2 Å². The molecule has 0 spiro atoms. The minimum atomic E-state index is -0.767. The van der Waals surface area contributed by atoms with Gasteiger partial charge in [-0.2, -0.15) is 4.98 Å². The molecule has 0 aliphatic heterocycles. The molecular formula is C12H17FN2O3. The monoisotopic (exact) mass is 256 g/mol. The first kappa shape index (κ1) is 13.0. The molecule has 1 aromatic heterocycles. The van der Waals surface area contributed by atoms with Gasteiger partial charge in [0.2, 0.25) is 0 Å². The number of aromatic nitrogens is 2. The zero-order chi connectivity index (χ0) is 13.0. The molecule has 1 aliphatic rings. The molecule has 2 rings (SSSR count). The van der Waals surface area contributed by atoms with Crippen LogP contribution in [0.3, 0.4) is 0 Å². The molecule has 0 radical (unpaired) electrons. The van der Waals surface area contributed by atoms with Gasteiger partial charge in [0.1, 0.15) is 6.17 Å². The average molecular weight is 256 g/mol. The number of hydrogen-bond donors (Lipinski definition) is 0. The molecule has 18 heavy (non-hydrogen) atoms. The first-order valence-electron chi connectivity index (χ1n) is 6.31. The summed E-state index contributed by atoms with van der Waals surface area (Å²) in [6, 6.07) is 0. The number of halogens is 1. The van der Waals surface area contributed by atoms with Crippen molar-refractivity contribution in [3.05, 3.63) is 11.7 Å². The van der Waals surface area contributed by atoms with Gasteiger partial charge >= 0.3 is 5.97 Å². The lowest BCUT2D eigenvalue weighted by Gasteiger charge is -2.22. The van der Waals surface area contributed by atoms with E-state index in [4.69, 9.17) is 9.26 Å². The standard InChI is InChI=1S/C12H17FN2O3/c1-2-10-14-11(18-15-10)7-17-12(16)8-3-5-9(13)6-4-8/h8-9H,2-7H2,1H3. The maximum atomic E-state index is 12.9. The van der Waals surface area contributed by atoms with Crippen molar-refractivity contribution in [2.75, 3.05) is 0 Å². The largest absolute Gasteiger partial charge is 0.455 e. The highest BCUT2D eigenvalue weighted by atomic mass is 19.1. The van der Waals surface area contributed by atoms with Gasteiger partial charge in [-0.3, -0.25) is 4.79 Å². The third-order valence-corrected chi connectivity index (χ3v) is 3.15. The highest BCUT2D eigenvalue weighted by molar-refractivity contribution is 5.72. The number of alkyl halides is 1. The zero-order valence-electron chi connectivity index (χ0n) is 10.4. The fourth-order valence-corrected chi connectivity index (χ4v) is 2.03. The Labute approximate surface area is 105 Å². The summed E-state index contributed by atoms with van der Waals surface area (Å²) in [7, 11) is 0. The second-order valence-corrected chi connectivity index (χ2v) is 4.51. The summed E-state index contributed by atoms with van der Waals surface area (Å²) < 4.78 is 22.9. The fourth-order valence-electron chi connectivity index (χ4n) is 2.03. The summed E-state index contributed by atoms with van der Waals surface area (Å²) in [5, 5.41) is 3.71. The summed E-state index contributed by atoms with van der Waals surface area (Å²) in [6.45, 7) is 1.91. The number of carbonyl (C=O) groups is 1. The van der Waals surface area contributed by atoms with E-state index < -0.39 is 6.17 Å². The predicted molar refractivity (Wildman–Crippen MR) is 60.3 cm³/mol. The number of rotatable bonds is 4. The smallest absolute Gasteiger partial charge is 0.309 e. The SMILES string of the molecule is CCc1noc(COC(=O)C2CCC(F)CC2)n1. The zero-order valence-corrected chi connectivity index (χ0v) is 10.4. The third-order valence-electron chi connectivity index (χ3n) is 3.15. The molecule has 0 unspecified atom stereocenters. The van der Waals surface area contributed by atoms with Crippen LogP contribution in [0.4, 0.5) is 4.39 Å². The summed E-state index contributed by atoms with van der Waals surface area (Å²) in [4.78, 5) is 15.8. The molecule has 0 bridgehead atoms. The molecule has 0 saturated heterocycles. The maximum absolute atomic E-state index is 12.9. The van der Waals surface area contributed by atoms with Crippen LogP contribution in [0.2, 0.25) is 0 Å². The van der Waals surface area contributed by atoms with Crippen LogP contribution in [0.15, 0.2) is 4.52 Å². The molecule has 1 aliphatic carbocycles. The Morgan fingerprint density at radius 1 is 1.44 bits per heavy atom. The van der Waals surface area contributed by atoms with Gasteiger partial charge < -0.3 is 9.26 Å². The number of esters is 1. The van der Waals surface area contributed by atoms with E-state index in [1.807, 2.05) is 6.92 Å². The summed E-state index contributed by atoms with van der Waals surface area (Å²) in [6.07, 6.45) is 1.92. The Bertz CT molecular complexity index is 400. The number of hydrogen-bond acceptors (Lipinski definition) is 5. The molecule has 0 N–H and O–H groups in total. The fraction of sp³-hybridized carbons (Fsp3) is 0.750. The average Bonchev–Trinajstić information content (AvgIpc) is 2.85. The third kappa shape index (κ3) is 3.27. The van der Waals surface area contributed by atoms with Gasteiger partial charge in [0.25, 0.3) is 5.89 Å². The highest BCUT2D eigenvalue weighted by Gasteiger charge is 2.27. The minimum Gasteiger partial charge on any atom is -0.455 e. The van der Waals surface area contributed by atoms with Crippen LogP contribution in [0.5, 0.6) is 0 Å². The first-order chi connectivity index (χ1) is 8.69. The van der Waals surface area contributed by atoms with Crippen molar-refractivity contribution in [2.24, 2.45) is 5.92 Å². The van der Waals surface area contributed by atoms with Gasteiger partial charge in [-0.25, -0.2) is 4.39 Å². The summed E-state index contributed by atoms with van der Waals surface area (Å²) in [5.74, 6) is 0.419. The normalized spacial score (nSPS) is 23.9. The Kier molecular flexibility index (Phi) is 4.28. The second-order valence-electron chi connectivity index (χ2n) is 4.51. The quantitative estimate of drug-likeness (QED) is 0.773. The number of carbonyl (C=O) groups excluding carboxylic acids is 1. The van der Waals surface area contributed by atoms with Crippen LogP contribution < -0.4 is 0 Å². The minimum absolute atomic E-state index is 0.00138. The van der Waals surface area contributed by atoms with Crippen molar-refractivity contribution in [3.8, 4) is 0 Å². The van der Waals surface area contributed by atoms with Crippen molar-refractivity contribution >= 4 is 5.97 Å². The lowest BCUT2D eigenvalue weighted by atomic mass is 9.88. The van der Waals surface area contributed by atoms with Crippen molar-refractivity contribution in [1.82, 2.24) is 10.1 Å². The van der Waals surface area contributed by atoms with E-state index >= 15 is 0 Å². The van der Waals surface area contributed by atoms with Crippen molar-refractivity contribution < 1.29 is 18.4 Å². The molecule has 0 aromatic carbocycles. The molecule has 0 atom stereocenters. The lowest BCUT2D eigenvalue weighted by molar-refractivity contribution is -0.152. The molecule has 5 nitrogen and oxygen atoms in total. The molecule has 0 amide bonds. The predicted octanol–water partition coefficient (Wildman–Crippen LogP) is 2.20. The van der Waals surface area contributed by atoms with Crippen molar-refractivity contribution in [3.63, 3.8) is 0 Å². The van der Waals surface area contributed by atoms with Crippen LogP contribution in [-0.2, 0) is 22.6 Å². The Balaban J connectivity index is 1.77. The molecule has 1 saturated carbocycles. The van der Waals surface area contributed by atoms with E-state index in [9.17, 15) is 9.18 Å². The Morgan fingerprint density at radius 2 is 2.17 bits per heavy atom. The number of nitrogens with zero attached hydrogens (tertiary/aromatic N) is 2. The Hall–Kier alpha value is -1.46. The van der Waals surface area contributed by atoms with E-state index in [-0.39, 0.29) is 18.5 Å². The first-order valence-corrected chi connectivity index (χ1v) is 6.31. The summed E-state index contributed by atoms with van der Waals surface area (Å²) >= 11 is 0. The maximum Gasteiger partial charge on any atom is 0.309 e. The van der Waals surface area contributed by atoms with E-state index in [1.165, 1.54) is 0 Å². The van der Waals surface area contributed by atoms with E-state index in [0.717, 1.165) is 0 Å². The highest BCUT2D eigenvalue weighted by Crippen LogP contribution is 2.27. The number of ether oxygens (including phenoxy) is 1. The van der Waals surface area contributed by atoms with Crippen LogP contribution in [0.25, 0.3) is 0 Å². The second kappa shape index (κ2) is 5.93. The molecular weight excluding hydrogens is 239 g/mol. The molecule has 6 heteroatoms. The van der Waals surface area contributed by atoms with E-state index in [2.05, 4.69) is 10.1 Å². The summed E-state index contributed by atoms with van der Waals surface area (Å²) in [5.41, 5.74) is 0. The van der Waals surface area contributed by atoms with Crippen molar-refractivity contribution in [2.45, 2.75) is 51.8 Å². The van der Waals surface area contributed by atoms with Crippen LogP contribution in [-0.4, -0.2) is 22.3 Å². The van der Waals surface area contributed by atoms with Crippen LogP contribution >= 0.6 is 0 Å². The van der Waals surface area contributed by atoms with E-state index in [1.54, 1.807) is 0 Å². The van der Waals surface area contributed by atoms with Gasteiger partial charge in [-0.05, 0) is 25.7 Å². The van der Waals surface area contributed by atoms with Crippen LogP contribution in [0.1, 0.15) is 44.3 Å². The number of aryl methyl sites for hydroxylation is 1. The van der Waals surface area contributed by atoms with Gasteiger partial charge in [0.05, 0.1) is 5.92 Å². The van der Waals surface area contributed by atoms with Gasteiger partial charge in [0, 0.05) is 6.42 Å². The molecule has 1 fully saturated rings. The molecule has 100 valence electrons. The Morgan fingerprint density at radius 3 is 2.78 bits per heavy atom. The van der Waals surface area contributed by atoms with E-state index in [0.29, 0.717) is 43.8 Å². The van der Waals surface area contributed by atoms with Crippen molar-refractivity contribution in [1.29, 1.82) is 0 Å². The van der Waals surface area contributed by atoms with Gasteiger partial charge in [-0.1, -0.05) is 12.1 Å². The molecule has 1 heterocycles. The van der Waals surface area contributed by atoms with Gasteiger partial charge in [0.15, 0.2) is 12.4 Å². The van der Waals surface area contributed by atoms with Crippen LogP contribution in [0, 0.1) is 5.92 Å².